The van der Waals surface area contributed by atoms with Crippen molar-refractivity contribution in [3.8, 4) is 0 Å². The summed E-state index contributed by atoms with van der Waals surface area (Å²) < 4.78 is 0. The minimum Gasteiger partial charge on any atom is -0.299 e. The summed E-state index contributed by atoms with van der Waals surface area (Å²) in [7, 11) is 0. The van der Waals surface area contributed by atoms with E-state index in [9.17, 15) is 4.79 Å². The highest BCUT2D eigenvalue weighted by atomic mass is 16.1. The Morgan fingerprint density at radius 1 is 1.38 bits per heavy atom. The van der Waals surface area contributed by atoms with E-state index in [4.69, 9.17) is 0 Å². The van der Waals surface area contributed by atoms with Crippen molar-refractivity contribution in [2.45, 2.75) is 32.2 Å². The summed E-state index contributed by atoms with van der Waals surface area (Å²) in [6, 6.07) is 0.690. The summed E-state index contributed by atoms with van der Waals surface area (Å²) in [5.74, 6) is 0.705. The first-order chi connectivity index (χ1) is 6.27. The van der Waals surface area contributed by atoms with Crippen LogP contribution < -0.4 is 0 Å². The fourth-order valence-corrected chi connectivity index (χ4v) is 2.28. The molecule has 2 rings (SSSR count). The van der Waals surface area contributed by atoms with Crippen LogP contribution in [0.4, 0.5) is 0 Å². The molecule has 0 bridgehead atoms. The van der Waals surface area contributed by atoms with Gasteiger partial charge in [-0.3, -0.25) is 9.69 Å². The zero-order chi connectivity index (χ0) is 9.26. The lowest BCUT2D eigenvalue weighted by Gasteiger charge is -2.34. The van der Waals surface area contributed by atoms with Crippen LogP contribution in [0.5, 0.6) is 0 Å². The number of Topliss-reactive ketones (excluding diaryl/α,β-unsaturated/α-hetero) is 1. The monoisotopic (exact) mass is 179 g/mol. The molecular weight excluding hydrogens is 162 g/mol. The van der Waals surface area contributed by atoms with Gasteiger partial charge in [-0.1, -0.05) is 19.1 Å². The van der Waals surface area contributed by atoms with E-state index < -0.39 is 0 Å². The maximum atomic E-state index is 11.3. The minimum atomic E-state index is 0.259. The zero-order valence-electron chi connectivity index (χ0n) is 8.20. The van der Waals surface area contributed by atoms with E-state index in [2.05, 4.69) is 24.0 Å². The minimum absolute atomic E-state index is 0.259. The third-order valence-electron chi connectivity index (χ3n) is 3.20. The lowest BCUT2D eigenvalue weighted by Crippen LogP contribution is -2.44. The average molecular weight is 179 g/mol. The number of likely N-dealkylation sites (tertiary alicyclic amines) is 1. The molecular formula is C11H17NO. The molecule has 1 aliphatic heterocycles. The van der Waals surface area contributed by atoms with Gasteiger partial charge in [-0.15, -0.1) is 0 Å². The van der Waals surface area contributed by atoms with Crippen LogP contribution in [0.1, 0.15) is 26.2 Å². The number of hydrogen-bond acceptors (Lipinski definition) is 2. The molecule has 1 heterocycles. The van der Waals surface area contributed by atoms with Gasteiger partial charge >= 0.3 is 0 Å². The summed E-state index contributed by atoms with van der Waals surface area (Å²) in [4.78, 5) is 13.8. The molecule has 0 aromatic heterocycles. The highest BCUT2D eigenvalue weighted by Crippen LogP contribution is 2.22. The molecule has 0 amide bonds. The van der Waals surface area contributed by atoms with Crippen LogP contribution in [-0.2, 0) is 4.79 Å². The second kappa shape index (κ2) is 3.62. The molecule has 0 N–H and O–H groups in total. The van der Waals surface area contributed by atoms with Gasteiger partial charge in [0.15, 0.2) is 0 Å². The molecule has 0 aromatic carbocycles. The SMILES string of the molecule is CC1CN(C2CC=CC2)CCC1=O. The van der Waals surface area contributed by atoms with Crippen LogP contribution in [0.3, 0.4) is 0 Å². The molecule has 1 atom stereocenters. The van der Waals surface area contributed by atoms with Gasteiger partial charge < -0.3 is 0 Å². The Bertz CT molecular complexity index is 226. The molecule has 0 radical (unpaired) electrons. The van der Waals surface area contributed by atoms with Gasteiger partial charge in [0, 0.05) is 31.5 Å². The van der Waals surface area contributed by atoms with Crippen LogP contribution in [0.2, 0.25) is 0 Å². The molecule has 0 saturated carbocycles. The Labute approximate surface area is 79.6 Å². The predicted octanol–water partition coefficient (Wildman–Crippen LogP) is 1.62. The first kappa shape index (κ1) is 8.95. The normalized spacial score (nSPS) is 31.5. The molecule has 2 heteroatoms. The third-order valence-corrected chi connectivity index (χ3v) is 3.20. The first-order valence-corrected chi connectivity index (χ1v) is 5.19. The van der Waals surface area contributed by atoms with Crippen LogP contribution in [0, 0.1) is 5.92 Å². The van der Waals surface area contributed by atoms with Gasteiger partial charge in [-0.25, -0.2) is 0 Å². The maximum Gasteiger partial charge on any atom is 0.138 e. The number of ketones is 1. The van der Waals surface area contributed by atoms with Gasteiger partial charge in [-0.05, 0) is 12.8 Å². The highest BCUT2D eigenvalue weighted by Gasteiger charge is 2.28. The standard InChI is InChI=1S/C11H17NO/c1-9-8-12(7-6-11(9)13)10-4-2-3-5-10/h2-3,9-10H,4-8H2,1H3. The fourth-order valence-electron chi connectivity index (χ4n) is 2.28. The molecule has 1 saturated heterocycles. The molecule has 0 spiro atoms. The highest BCUT2D eigenvalue weighted by molar-refractivity contribution is 5.81. The van der Waals surface area contributed by atoms with Gasteiger partial charge in [0.25, 0.3) is 0 Å². The van der Waals surface area contributed by atoms with Gasteiger partial charge in [-0.2, -0.15) is 0 Å². The topological polar surface area (TPSA) is 20.3 Å². The second-order valence-electron chi connectivity index (χ2n) is 4.21. The number of carbonyl (C=O) groups excluding carboxylic acids is 1. The number of piperidine rings is 1. The number of rotatable bonds is 1. The summed E-state index contributed by atoms with van der Waals surface area (Å²) in [6.45, 7) is 4.01. The predicted molar refractivity (Wildman–Crippen MR) is 52.5 cm³/mol. The summed E-state index contributed by atoms with van der Waals surface area (Å²) >= 11 is 0. The third kappa shape index (κ3) is 1.83. The molecule has 2 nitrogen and oxygen atoms in total. The van der Waals surface area contributed by atoms with E-state index in [-0.39, 0.29) is 5.92 Å². The smallest absolute Gasteiger partial charge is 0.138 e. The van der Waals surface area contributed by atoms with Crippen molar-refractivity contribution in [1.29, 1.82) is 0 Å². The number of carbonyl (C=O) groups is 1. The summed E-state index contributed by atoms with van der Waals surface area (Å²) in [5.41, 5.74) is 0. The van der Waals surface area contributed by atoms with Crippen LogP contribution >= 0.6 is 0 Å². The Hall–Kier alpha value is -0.630. The van der Waals surface area contributed by atoms with Crippen molar-refractivity contribution in [1.82, 2.24) is 4.90 Å². The fraction of sp³-hybridized carbons (Fsp3) is 0.727. The number of nitrogens with zero attached hydrogens (tertiary/aromatic N) is 1. The van der Waals surface area contributed by atoms with E-state index in [1.54, 1.807) is 0 Å². The first-order valence-electron chi connectivity index (χ1n) is 5.19. The molecule has 1 fully saturated rings. The second-order valence-corrected chi connectivity index (χ2v) is 4.21. The van der Waals surface area contributed by atoms with Gasteiger partial charge in [0.1, 0.15) is 5.78 Å². The largest absolute Gasteiger partial charge is 0.299 e. The molecule has 72 valence electrons. The van der Waals surface area contributed by atoms with Crippen molar-refractivity contribution < 1.29 is 4.79 Å². The molecule has 1 aliphatic carbocycles. The van der Waals surface area contributed by atoms with Crippen molar-refractivity contribution >= 4 is 5.78 Å². The lowest BCUT2D eigenvalue weighted by molar-refractivity contribution is -0.126. The van der Waals surface area contributed by atoms with Crippen molar-refractivity contribution in [2.75, 3.05) is 13.1 Å². The molecule has 0 aromatic rings. The van der Waals surface area contributed by atoms with Crippen molar-refractivity contribution in [3.63, 3.8) is 0 Å². The van der Waals surface area contributed by atoms with E-state index in [1.807, 2.05) is 0 Å². The maximum absolute atomic E-state index is 11.3. The Balaban J connectivity index is 1.91. The summed E-state index contributed by atoms with van der Waals surface area (Å²) in [5, 5.41) is 0. The Morgan fingerprint density at radius 3 is 2.69 bits per heavy atom. The van der Waals surface area contributed by atoms with Gasteiger partial charge in [0.05, 0.1) is 0 Å². The van der Waals surface area contributed by atoms with E-state index in [1.165, 1.54) is 12.8 Å². The quantitative estimate of drug-likeness (QED) is 0.570. The molecule has 2 aliphatic rings. The van der Waals surface area contributed by atoms with E-state index in [0.29, 0.717) is 11.8 Å². The van der Waals surface area contributed by atoms with Crippen LogP contribution in [0.15, 0.2) is 12.2 Å². The van der Waals surface area contributed by atoms with Crippen LogP contribution in [0.25, 0.3) is 0 Å². The average Bonchev–Trinajstić information content (AvgIpc) is 2.62. The number of hydrogen-bond donors (Lipinski definition) is 0. The van der Waals surface area contributed by atoms with Crippen molar-refractivity contribution in [2.24, 2.45) is 5.92 Å². The Morgan fingerprint density at radius 2 is 2.08 bits per heavy atom. The Kier molecular flexibility index (Phi) is 2.49. The molecule has 1 unspecified atom stereocenters. The molecule has 13 heavy (non-hydrogen) atoms. The van der Waals surface area contributed by atoms with Gasteiger partial charge in [0.2, 0.25) is 0 Å². The van der Waals surface area contributed by atoms with Crippen molar-refractivity contribution in [3.05, 3.63) is 12.2 Å². The zero-order valence-corrected chi connectivity index (χ0v) is 8.20. The van der Waals surface area contributed by atoms with E-state index >= 15 is 0 Å². The van der Waals surface area contributed by atoms with Crippen LogP contribution in [-0.4, -0.2) is 29.8 Å². The summed E-state index contributed by atoms with van der Waals surface area (Å²) in [6.07, 6.45) is 7.64. The van der Waals surface area contributed by atoms with E-state index in [0.717, 1.165) is 19.5 Å². The lowest BCUT2D eigenvalue weighted by atomic mass is 9.97.